The van der Waals surface area contributed by atoms with E-state index in [4.69, 9.17) is 9.15 Å². The minimum Gasteiger partial charge on any atom is -0.487 e. The Kier molecular flexibility index (Phi) is 8.77. The van der Waals surface area contributed by atoms with Crippen molar-refractivity contribution in [2.45, 2.75) is 36.9 Å². The van der Waals surface area contributed by atoms with Gasteiger partial charge in [0.25, 0.3) is 5.91 Å². The van der Waals surface area contributed by atoms with Crippen LogP contribution in [0.3, 0.4) is 0 Å². The van der Waals surface area contributed by atoms with E-state index in [1.54, 1.807) is 43.2 Å². The third kappa shape index (κ3) is 6.97. The number of ether oxygens (including phenoxy) is 1. The van der Waals surface area contributed by atoms with Crippen LogP contribution in [0.25, 0.3) is 10.9 Å². The Bertz CT molecular complexity index is 1440. The summed E-state index contributed by atoms with van der Waals surface area (Å²) >= 11 is 1.57. The van der Waals surface area contributed by atoms with Crippen LogP contribution in [0.2, 0.25) is 0 Å². The van der Waals surface area contributed by atoms with E-state index < -0.39 is 11.7 Å². The smallest absolute Gasteiger partial charge is 0.416 e. The average molecular weight is 546 g/mol. The fraction of sp³-hybridized carbons (Fsp3) is 0.296. The number of hydrogen-bond acceptors (Lipinski definition) is 6. The number of nitrogens with zero attached hydrogens (tertiary/aromatic N) is 2. The molecule has 3 aromatic heterocycles. The number of fused-ring (bicyclic) bond motifs is 1. The standard InChI is InChI=1S/C27H26F3N3O4S/c1-33(26(35)21-6-5-10-31-21)16-19-15-23(34)24(17-37-19)36-12-3-2-4-13-38-25-9-11-32-22-14-18(27(28,29)30)7-8-20(22)25/h5-11,14-15,17,31H,2-4,12-13,16H2,1H3. The van der Waals surface area contributed by atoms with Crippen LogP contribution < -0.4 is 10.2 Å². The molecule has 0 radical (unpaired) electrons. The lowest BCUT2D eigenvalue weighted by molar-refractivity contribution is -0.137. The van der Waals surface area contributed by atoms with E-state index in [1.807, 2.05) is 0 Å². The lowest BCUT2D eigenvalue weighted by Gasteiger charge is -2.15. The molecule has 0 saturated carbocycles. The number of benzene rings is 1. The number of rotatable bonds is 11. The molecule has 1 aromatic carbocycles. The predicted molar refractivity (Wildman–Crippen MR) is 138 cm³/mol. The molecule has 0 atom stereocenters. The molecule has 11 heteroatoms. The third-order valence-corrected chi connectivity index (χ3v) is 6.91. The number of H-pyrrole nitrogens is 1. The number of nitrogens with one attached hydrogen (secondary N) is 1. The number of alkyl halides is 3. The van der Waals surface area contributed by atoms with Crippen LogP contribution in [0, 0.1) is 0 Å². The van der Waals surface area contributed by atoms with Gasteiger partial charge in [-0.25, -0.2) is 0 Å². The van der Waals surface area contributed by atoms with Crippen molar-refractivity contribution in [3.8, 4) is 5.75 Å². The highest BCUT2D eigenvalue weighted by atomic mass is 32.2. The first kappa shape index (κ1) is 27.3. The summed E-state index contributed by atoms with van der Waals surface area (Å²) in [6.45, 7) is 0.486. The minimum atomic E-state index is -4.40. The largest absolute Gasteiger partial charge is 0.487 e. The lowest BCUT2D eigenvalue weighted by Crippen LogP contribution is -2.26. The van der Waals surface area contributed by atoms with Crippen LogP contribution in [-0.4, -0.2) is 40.2 Å². The fourth-order valence-electron chi connectivity index (χ4n) is 3.77. The summed E-state index contributed by atoms with van der Waals surface area (Å²) in [6.07, 6.45) is 2.49. The molecule has 38 heavy (non-hydrogen) atoms. The first-order valence-corrected chi connectivity index (χ1v) is 12.9. The van der Waals surface area contributed by atoms with Crippen LogP contribution in [0.4, 0.5) is 13.2 Å². The van der Waals surface area contributed by atoms with Gasteiger partial charge in [-0.1, -0.05) is 6.07 Å². The number of carbonyl (C=O) groups excluding carboxylic acids is 1. The van der Waals surface area contributed by atoms with Crippen LogP contribution >= 0.6 is 11.8 Å². The zero-order chi connectivity index (χ0) is 27.1. The molecular formula is C27H26F3N3O4S. The second kappa shape index (κ2) is 12.2. The van der Waals surface area contributed by atoms with Crippen molar-refractivity contribution < 1.29 is 27.1 Å². The van der Waals surface area contributed by atoms with E-state index in [0.717, 1.165) is 42.0 Å². The van der Waals surface area contributed by atoms with Crippen molar-refractivity contribution in [1.29, 1.82) is 0 Å². The van der Waals surface area contributed by atoms with Gasteiger partial charge >= 0.3 is 6.18 Å². The number of aromatic nitrogens is 2. The summed E-state index contributed by atoms with van der Waals surface area (Å²) in [5, 5.41) is 0.698. The highest BCUT2D eigenvalue weighted by Gasteiger charge is 2.30. The third-order valence-electron chi connectivity index (χ3n) is 5.75. The molecule has 0 unspecified atom stereocenters. The van der Waals surface area contributed by atoms with Gasteiger partial charge in [0.05, 0.1) is 24.2 Å². The second-order valence-corrected chi connectivity index (χ2v) is 9.75. The molecule has 7 nitrogen and oxygen atoms in total. The molecule has 0 aliphatic rings. The van der Waals surface area contributed by atoms with E-state index in [-0.39, 0.29) is 23.6 Å². The Morgan fingerprint density at radius 3 is 2.74 bits per heavy atom. The molecule has 4 rings (SSSR count). The van der Waals surface area contributed by atoms with Crippen molar-refractivity contribution in [3.63, 3.8) is 0 Å². The summed E-state index contributed by atoms with van der Waals surface area (Å²) in [5.74, 6) is 1.03. The number of amides is 1. The Morgan fingerprint density at radius 1 is 1.16 bits per heavy atom. The average Bonchev–Trinajstić information content (AvgIpc) is 3.43. The van der Waals surface area contributed by atoms with Gasteiger partial charge in [-0.05, 0) is 55.3 Å². The minimum absolute atomic E-state index is 0.114. The number of aromatic amines is 1. The summed E-state index contributed by atoms with van der Waals surface area (Å²) in [6, 6.07) is 10.1. The van der Waals surface area contributed by atoms with Gasteiger partial charge in [0.15, 0.2) is 0 Å². The molecule has 4 aromatic rings. The maximum Gasteiger partial charge on any atom is 0.416 e. The van der Waals surface area contributed by atoms with Gasteiger partial charge in [-0.2, -0.15) is 13.2 Å². The second-order valence-electron chi connectivity index (χ2n) is 8.62. The number of thioether (sulfide) groups is 1. The number of hydrogen-bond donors (Lipinski definition) is 1. The number of pyridine rings is 1. The van der Waals surface area contributed by atoms with Crippen LogP contribution in [-0.2, 0) is 12.7 Å². The van der Waals surface area contributed by atoms with Crippen LogP contribution in [0.5, 0.6) is 5.75 Å². The van der Waals surface area contributed by atoms with Crippen molar-refractivity contribution in [2.75, 3.05) is 19.4 Å². The Hall–Kier alpha value is -3.73. The van der Waals surface area contributed by atoms with Crippen molar-refractivity contribution in [1.82, 2.24) is 14.9 Å². The lowest BCUT2D eigenvalue weighted by atomic mass is 10.1. The van der Waals surface area contributed by atoms with Crippen molar-refractivity contribution >= 4 is 28.6 Å². The Morgan fingerprint density at radius 2 is 2.00 bits per heavy atom. The first-order valence-electron chi connectivity index (χ1n) is 11.9. The molecule has 1 N–H and O–H groups in total. The van der Waals surface area contributed by atoms with Gasteiger partial charge in [0.2, 0.25) is 11.2 Å². The summed E-state index contributed by atoms with van der Waals surface area (Å²) in [4.78, 5) is 33.9. The molecule has 0 spiro atoms. The molecule has 0 aliphatic heterocycles. The molecule has 200 valence electrons. The Balaban J connectivity index is 1.19. The van der Waals surface area contributed by atoms with Crippen molar-refractivity contribution in [3.05, 3.63) is 88.4 Å². The Labute approximate surface area is 221 Å². The molecule has 0 saturated heterocycles. The van der Waals surface area contributed by atoms with Gasteiger partial charge in [0, 0.05) is 35.8 Å². The van der Waals surface area contributed by atoms with E-state index in [0.29, 0.717) is 29.0 Å². The SMILES string of the molecule is CN(Cc1cc(=O)c(OCCCCCSc2ccnc3cc(C(F)(F)F)ccc23)co1)C(=O)c1ccc[nH]1. The van der Waals surface area contributed by atoms with Gasteiger partial charge in [-0.3, -0.25) is 14.6 Å². The molecule has 3 heterocycles. The van der Waals surface area contributed by atoms with Crippen LogP contribution in [0.15, 0.2) is 75.2 Å². The molecule has 0 fully saturated rings. The van der Waals surface area contributed by atoms with Crippen molar-refractivity contribution in [2.24, 2.45) is 0 Å². The van der Waals surface area contributed by atoms with Crippen LogP contribution in [0.1, 0.15) is 41.1 Å². The number of carbonyl (C=O) groups is 1. The quantitative estimate of drug-likeness (QED) is 0.180. The summed E-state index contributed by atoms with van der Waals surface area (Å²) in [7, 11) is 1.62. The topological polar surface area (TPSA) is 88.4 Å². The fourth-order valence-corrected chi connectivity index (χ4v) is 4.82. The normalized spacial score (nSPS) is 11.6. The van der Waals surface area contributed by atoms with E-state index in [2.05, 4.69) is 9.97 Å². The molecule has 0 aliphatic carbocycles. The van der Waals surface area contributed by atoms with Gasteiger partial charge in [-0.15, -0.1) is 11.8 Å². The number of halogens is 3. The van der Waals surface area contributed by atoms with Gasteiger partial charge in [0.1, 0.15) is 17.7 Å². The predicted octanol–water partition coefficient (Wildman–Crippen LogP) is 6.15. The van der Waals surface area contributed by atoms with E-state index in [9.17, 15) is 22.8 Å². The highest BCUT2D eigenvalue weighted by Crippen LogP contribution is 2.34. The zero-order valence-corrected chi connectivity index (χ0v) is 21.4. The maximum atomic E-state index is 13.0. The number of unbranched alkanes of at least 4 members (excludes halogenated alkanes) is 2. The molecule has 0 bridgehead atoms. The molecule has 1 amide bonds. The maximum absolute atomic E-state index is 13.0. The van der Waals surface area contributed by atoms with E-state index in [1.165, 1.54) is 29.5 Å². The first-order chi connectivity index (χ1) is 18.2. The summed E-state index contributed by atoms with van der Waals surface area (Å²) < 4.78 is 49.9. The van der Waals surface area contributed by atoms with E-state index >= 15 is 0 Å². The summed E-state index contributed by atoms with van der Waals surface area (Å²) in [5.41, 5.74) is -0.261. The van der Waals surface area contributed by atoms with Gasteiger partial charge < -0.3 is 19.0 Å². The monoisotopic (exact) mass is 545 g/mol. The molecular weight excluding hydrogens is 519 g/mol. The highest BCUT2D eigenvalue weighted by molar-refractivity contribution is 7.99. The zero-order valence-electron chi connectivity index (χ0n) is 20.6.